The Hall–Kier alpha value is -2.24. The number of hydrogen-bond donors (Lipinski definition) is 0. The zero-order valence-corrected chi connectivity index (χ0v) is 14.8. The molecule has 0 radical (unpaired) electrons. The molecular formula is C19H25N5O. The minimum absolute atomic E-state index is 0.569. The molecule has 2 aromatic rings. The molecule has 0 amide bonds. The summed E-state index contributed by atoms with van der Waals surface area (Å²) < 4.78 is 5.84. The summed E-state index contributed by atoms with van der Waals surface area (Å²) in [5.74, 6) is 2.99. The molecule has 2 aromatic heterocycles. The van der Waals surface area contributed by atoms with E-state index >= 15 is 0 Å². The van der Waals surface area contributed by atoms with Gasteiger partial charge in [-0.05, 0) is 38.5 Å². The molecule has 4 rings (SSSR count). The van der Waals surface area contributed by atoms with Gasteiger partial charge in [0.05, 0.1) is 6.61 Å². The number of hydrogen-bond acceptors (Lipinski definition) is 6. The second kappa shape index (κ2) is 7.33. The lowest BCUT2D eigenvalue weighted by molar-refractivity contribution is 0.215. The zero-order chi connectivity index (χ0) is 17.1. The highest BCUT2D eigenvalue weighted by atomic mass is 16.5. The minimum Gasteiger partial charge on any atom is -0.477 e. The Labute approximate surface area is 148 Å². The van der Waals surface area contributed by atoms with Gasteiger partial charge < -0.3 is 9.64 Å². The number of ether oxygens (including phenoxy) is 1. The highest BCUT2D eigenvalue weighted by Gasteiger charge is 2.24. The first-order chi connectivity index (χ1) is 12.3. The number of aryl methyl sites for hydroxylation is 1. The third kappa shape index (κ3) is 3.89. The van der Waals surface area contributed by atoms with Crippen molar-refractivity contribution in [1.29, 1.82) is 0 Å². The lowest BCUT2D eigenvalue weighted by Crippen LogP contribution is -2.36. The summed E-state index contributed by atoms with van der Waals surface area (Å²) in [6.07, 6.45) is 9.41. The first-order valence-corrected chi connectivity index (χ1v) is 9.26. The molecule has 6 nitrogen and oxygen atoms in total. The molecule has 0 bridgehead atoms. The topological polar surface area (TPSA) is 64.0 Å². The second-order valence-electron chi connectivity index (χ2n) is 7.17. The van der Waals surface area contributed by atoms with Crippen molar-refractivity contribution in [3.05, 3.63) is 36.2 Å². The molecule has 3 heterocycles. The molecule has 1 aliphatic carbocycles. The summed E-state index contributed by atoms with van der Waals surface area (Å²) in [5, 5.41) is 0. The molecule has 0 unspecified atom stereocenters. The predicted octanol–water partition coefficient (Wildman–Crippen LogP) is 3.14. The molecule has 25 heavy (non-hydrogen) atoms. The van der Waals surface area contributed by atoms with E-state index in [0.717, 1.165) is 44.0 Å². The fraction of sp³-hybridized carbons (Fsp3) is 0.579. The van der Waals surface area contributed by atoms with Gasteiger partial charge in [0, 0.05) is 42.5 Å². The number of anilines is 1. The number of nitrogens with zero attached hydrogens (tertiary/aromatic N) is 5. The summed E-state index contributed by atoms with van der Waals surface area (Å²) in [5.41, 5.74) is 2.16. The SMILES string of the molecule is Cc1cc(OCC2CCN(c3cc(C4CCC4)ncn3)CC2)ncn1. The third-order valence-corrected chi connectivity index (χ3v) is 5.38. The molecular weight excluding hydrogens is 314 g/mol. The van der Waals surface area contributed by atoms with Crippen LogP contribution in [0.2, 0.25) is 0 Å². The van der Waals surface area contributed by atoms with Gasteiger partial charge in [0.25, 0.3) is 0 Å². The highest BCUT2D eigenvalue weighted by Crippen LogP contribution is 2.36. The van der Waals surface area contributed by atoms with Gasteiger partial charge in [-0.15, -0.1) is 0 Å². The maximum absolute atomic E-state index is 5.84. The Morgan fingerprint density at radius 3 is 2.52 bits per heavy atom. The standard InChI is InChI=1S/C19H25N5O/c1-14-9-19(23-12-20-14)25-11-15-5-7-24(8-6-15)18-10-17(21-13-22-18)16-3-2-4-16/h9-10,12-13,15-16H,2-8,11H2,1H3. The Bertz CT molecular complexity index is 710. The molecule has 0 spiro atoms. The van der Waals surface area contributed by atoms with E-state index in [9.17, 15) is 0 Å². The lowest BCUT2D eigenvalue weighted by Gasteiger charge is -2.33. The van der Waals surface area contributed by atoms with Crippen molar-refractivity contribution in [1.82, 2.24) is 19.9 Å². The summed E-state index contributed by atoms with van der Waals surface area (Å²) in [4.78, 5) is 19.6. The van der Waals surface area contributed by atoms with Crippen LogP contribution < -0.4 is 9.64 Å². The van der Waals surface area contributed by atoms with Crippen LogP contribution in [0.1, 0.15) is 49.4 Å². The fourth-order valence-electron chi connectivity index (χ4n) is 3.50. The smallest absolute Gasteiger partial charge is 0.216 e. The molecule has 132 valence electrons. The van der Waals surface area contributed by atoms with E-state index < -0.39 is 0 Å². The molecule has 0 aromatic carbocycles. The molecule has 0 atom stereocenters. The summed E-state index contributed by atoms with van der Waals surface area (Å²) in [6.45, 7) is 4.73. The Balaban J connectivity index is 1.29. The molecule has 1 saturated carbocycles. The first-order valence-electron chi connectivity index (χ1n) is 9.26. The molecule has 2 fully saturated rings. The monoisotopic (exact) mass is 339 g/mol. The molecule has 2 aliphatic rings. The largest absolute Gasteiger partial charge is 0.477 e. The van der Waals surface area contributed by atoms with Crippen molar-refractivity contribution in [2.24, 2.45) is 5.92 Å². The van der Waals surface area contributed by atoms with E-state index in [1.54, 1.807) is 12.7 Å². The van der Waals surface area contributed by atoms with Gasteiger partial charge >= 0.3 is 0 Å². The molecule has 6 heteroatoms. The van der Waals surface area contributed by atoms with Crippen molar-refractivity contribution in [3.63, 3.8) is 0 Å². The van der Waals surface area contributed by atoms with Crippen LogP contribution >= 0.6 is 0 Å². The van der Waals surface area contributed by atoms with Crippen LogP contribution in [0.5, 0.6) is 5.88 Å². The lowest BCUT2D eigenvalue weighted by atomic mass is 9.83. The van der Waals surface area contributed by atoms with Crippen molar-refractivity contribution >= 4 is 5.82 Å². The molecule has 1 saturated heterocycles. The van der Waals surface area contributed by atoms with Gasteiger partial charge in [-0.25, -0.2) is 19.9 Å². The molecule has 1 aliphatic heterocycles. The third-order valence-electron chi connectivity index (χ3n) is 5.38. The molecule has 0 N–H and O–H groups in total. The van der Waals surface area contributed by atoms with Crippen LogP contribution in [0.15, 0.2) is 24.8 Å². The Morgan fingerprint density at radius 1 is 1.00 bits per heavy atom. The Kier molecular flexibility index (Phi) is 4.76. The van der Waals surface area contributed by atoms with Crippen LogP contribution in [0.3, 0.4) is 0 Å². The van der Waals surface area contributed by atoms with Gasteiger partial charge in [0.2, 0.25) is 5.88 Å². The fourth-order valence-corrected chi connectivity index (χ4v) is 3.50. The number of aromatic nitrogens is 4. The average molecular weight is 339 g/mol. The van der Waals surface area contributed by atoms with E-state index in [1.165, 1.54) is 25.0 Å². The summed E-state index contributed by atoms with van der Waals surface area (Å²) in [7, 11) is 0. The van der Waals surface area contributed by atoms with E-state index in [4.69, 9.17) is 4.74 Å². The number of piperidine rings is 1. The zero-order valence-electron chi connectivity index (χ0n) is 14.8. The quantitative estimate of drug-likeness (QED) is 0.834. The second-order valence-corrected chi connectivity index (χ2v) is 7.17. The summed E-state index contributed by atoms with van der Waals surface area (Å²) in [6, 6.07) is 4.09. The van der Waals surface area contributed by atoms with Crippen LogP contribution in [0.4, 0.5) is 5.82 Å². The van der Waals surface area contributed by atoms with E-state index in [0.29, 0.717) is 17.7 Å². The van der Waals surface area contributed by atoms with Crippen LogP contribution in [0, 0.1) is 12.8 Å². The van der Waals surface area contributed by atoms with Crippen molar-refractivity contribution < 1.29 is 4.74 Å². The average Bonchev–Trinajstić information content (AvgIpc) is 2.59. The van der Waals surface area contributed by atoms with Crippen molar-refractivity contribution in [2.45, 2.75) is 44.9 Å². The normalized spacial score (nSPS) is 18.8. The van der Waals surface area contributed by atoms with Gasteiger partial charge in [0.15, 0.2) is 0 Å². The van der Waals surface area contributed by atoms with E-state index in [1.807, 2.05) is 13.0 Å². The highest BCUT2D eigenvalue weighted by molar-refractivity contribution is 5.40. The minimum atomic E-state index is 0.569. The van der Waals surface area contributed by atoms with E-state index in [2.05, 4.69) is 30.9 Å². The van der Waals surface area contributed by atoms with Crippen LogP contribution in [0.25, 0.3) is 0 Å². The Morgan fingerprint density at radius 2 is 1.80 bits per heavy atom. The van der Waals surface area contributed by atoms with Gasteiger partial charge in [0.1, 0.15) is 18.5 Å². The van der Waals surface area contributed by atoms with Crippen molar-refractivity contribution in [2.75, 3.05) is 24.6 Å². The van der Waals surface area contributed by atoms with E-state index in [-0.39, 0.29) is 0 Å². The van der Waals surface area contributed by atoms with Gasteiger partial charge in [-0.1, -0.05) is 6.42 Å². The summed E-state index contributed by atoms with van der Waals surface area (Å²) >= 11 is 0. The maximum atomic E-state index is 5.84. The van der Waals surface area contributed by atoms with Crippen LogP contribution in [-0.4, -0.2) is 39.6 Å². The maximum Gasteiger partial charge on any atom is 0.216 e. The van der Waals surface area contributed by atoms with Gasteiger partial charge in [-0.3, -0.25) is 0 Å². The first kappa shape index (κ1) is 16.2. The van der Waals surface area contributed by atoms with Crippen LogP contribution in [-0.2, 0) is 0 Å². The predicted molar refractivity (Wildman–Crippen MR) is 95.8 cm³/mol. The van der Waals surface area contributed by atoms with Crippen molar-refractivity contribution in [3.8, 4) is 5.88 Å². The number of rotatable bonds is 5. The van der Waals surface area contributed by atoms with Gasteiger partial charge in [-0.2, -0.15) is 0 Å².